The fourth-order valence-corrected chi connectivity index (χ4v) is 1.38. The van der Waals surface area contributed by atoms with Gasteiger partial charge in [-0.25, -0.2) is 18.7 Å². The van der Waals surface area contributed by atoms with E-state index in [-0.39, 0.29) is 157 Å². The summed E-state index contributed by atoms with van der Waals surface area (Å²) >= 11 is 0. The van der Waals surface area contributed by atoms with Crippen molar-refractivity contribution in [3.63, 3.8) is 0 Å². The van der Waals surface area contributed by atoms with Crippen molar-refractivity contribution in [1.29, 1.82) is 0 Å². The van der Waals surface area contributed by atoms with Crippen molar-refractivity contribution in [3.05, 3.63) is 11.6 Å². The number of rotatable bonds is 5. The standard InChI is InChI=1S/C6H10O10P2.4Ca.8H/c1-2-4(6(8)16-18(12,13)14)3-5(7)15-17(9,10)11;;;;;;;;;;;;/h3H,2H2,1H3,(H2,9,10,11)(H2,12,13,14);;;;;;;;;;;;/b4-3+;;;;;;;;;;;;. The summed E-state index contributed by atoms with van der Waals surface area (Å²) in [6, 6.07) is 0. The van der Waals surface area contributed by atoms with Crippen molar-refractivity contribution in [2.24, 2.45) is 0 Å². The van der Waals surface area contributed by atoms with Crippen LogP contribution in [0.2, 0.25) is 0 Å². The predicted octanol–water partition coefficient (Wildman–Crippen LogP) is -4.07. The fourth-order valence-electron chi connectivity index (χ4n) is 0.758. The summed E-state index contributed by atoms with van der Waals surface area (Å²) in [7, 11) is -10.1. The Hall–Kier alpha value is 4.02. The average Bonchev–Trinajstić information content (AvgIpc) is 2.07. The molecule has 0 amide bonds. The van der Waals surface area contributed by atoms with Crippen molar-refractivity contribution >= 4 is 179 Å². The second-order valence-electron chi connectivity index (χ2n) is 2.79. The molecule has 0 bridgehead atoms. The molecular formula is C6H18Ca4O10P2. The van der Waals surface area contributed by atoms with E-state index in [0.29, 0.717) is 6.08 Å². The minimum absolute atomic E-state index is 0. The van der Waals surface area contributed by atoms with Gasteiger partial charge in [0.1, 0.15) is 0 Å². The first-order valence-electron chi connectivity index (χ1n) is 4.23. The first-order chi connectivity index (χ1) is 7.94. The van der Waals surface area contributed by atoms with Crippen LogP contribution in [0.5, 0.6) is 0 Å². The van der Waals surface area contributed by atoms with E-state index in [2.05, 4.69) is 9.05 Å². The number of phosphoric ester groups is 2. The number of hydrogen-bond donors (Lipinski definition) is 4. The van der Waals surface area contributed by atoms with Gasteiger partial charge in [0.15, 0.2) is 0 Å². The van der Waals surface area contributed by atoms with Crippen molar-refractivity contribution < 1.29 is 47.3 Å². The Kier molecular flexibility index (Phi) is 28.7. The third-order valence-corrected chi connectivity index (χ3v) is 2.17. The van der Waals surface area contributed by atoms with Gasteiger partial charge in [-0.3, -0.25) is 19.6 Å². The summed E-state index contributed by atoms with van der Waals surface area (Å²) in [5, 5.41) is 0. The van der Waals surface area contributed by atoms with Gasteiger partial charge in [-0.05, 0) is 6.42 Å². The second-order valence-corrected chi connectivity index (χ2v) is 5.12. The summed E-state index contributed by atoms with van der Waals surface area (Å²) < 4.78 is 27.9. The fraction of sp³-hybridized carbons (Fsp3) is 0.333. The van der Waals surface area contributed by atoms with Crippen LogP contribution in [0, 0.1) is 0 Å². The Morgan fingerprint density at radius 2 is 1.27 bits per heavy atom. The van der Waals surface area contributed by atoms with Crippen LogP contribution in [0.3, 0.4) is 0 Å². The van der Waals surface area contributed by atoms with E-state index >= 15 is 0 Å². The molecule has 120 valence electrons. The predicted molar refractivity (Wildman–Crippen MR) is 88.8 cm³/mol. The van der Waals surface area contributed by atoms with E-state index < -0.39 is 33.2 Å². The first-order valence-corrected chi connectivity index (χ1v) is 7.30. The SMILES string of the molecule is CC/C(=C\C(=O)OP(=O)(O)O)C(=O)OP(=O)(O)O.[CaH2].[CaH2].[CaH2].[CaH2]. The van der Waals surface area contributed by atoms with Crippen LogP contribution in [-0.4, -0.2) is 182 Å². The Morgan fingerprint density at radius 3 is 1.55 bits per heavy atom. The Bertz CT molecular complexity index is 468. The van der Waals surface area contributed by atoms with E-state index in [0.717, 1.165) is 0 Å². The van der Waals surface area contributed by atoms with Gasteiger partial charge in [0.2, 0.25) is 0 Å². The molecule has 0 aliphatic heterocycles. The molecule has 0 atom stereocenters. The van der Waals surface area contributed by atoms with Gasteiger partial charge in [0, 0.05) is 11.6 Å². The molecule has 16 heteroatoms. The molecule has 0 saturated carbocycles. The number of hydrogen-bond acceptors (Lipinski definition) is 6. The van der Waals surface area contributed by atoms with Crippen molar-refractivity contribution in [3.8, 4) is 0 Å². The maximum absolute atomic E-state index is 11.1. The first kappa shape index (κ1) is 36.9. The van der Waals surface area contributed by atoms with Gasteiger partial charge in [-0.15, -0.1) is 0 Å². The molecule has 0 heterocycles. The Labute approximate surface area is 245 Å². The van der Waals surface area contributed by atoms with E-state index in [9.17, 15) is 18.7 Å². The monoisotopic (exact) mass is 472 g/mol. The molecule has 0 radical (unpaired) electrons. The van der Waals surface area contributed by atoms with Gasteiger partial charge < -0.3 is 9.05 Å². The van der Waals surface area contributed by atoms with Crippen LogP contribution in [0.1, 0.15) is 13.3 Å². The second kappa shape index (κ2) is 17.1. The molecule has 0 unspecified atom stereocenters. The molecular weight excluding hydrogens is 454 g/mol. The molecule has 0 aromatic heterocycles. The van der Waals surface area contributed by atoms with E-state index in [1.165, 1.54) is 6.92 Å². The quantitative estimate of drug-likeness (QED) is 0.176. The average molecular weight is 472 g/mol. The van der Waals surface area contributed by atoms with Crippen LogP contribution in [0.4, 0.5) is 0 Å². The van der Waals surface area contributed by atoms with Crippen LogP contribution in [0.15, 0.2) is 11.6 Å². The van der Waals surface area contributed by atoms with Gasteiger partial charge >= 0.3 is 179 Å². The molecule has 0 aliphatic rings. The summed E-state index contributed by atoms with van der Waals surface area (Å²) in [6.07, 6.45) is 0.201. The zero-order chi connectivity index (χ0) is 14.6. The molecule has 0 saturated heterocycles. The van der Waals surface area contributed by atoms with Crippen LogP contribution in [-0.2, 0) is 27.8 Å². The Balaban J connectivity index is -0.000000241. The van der Waals surface area contributed by atoms with Gasteiger partial charge in [0.25, 0.3) is 0 Å². The molecule has 4 N–H and O–H groups in total. The summed E-state index contributed by atoms with van der Waals surface area (Å²) in [5.41, 5.74) is -0.517. The number of carbonyl (C=O) groups is 2. The molecule has 0 fully saturated rings. The minimum atomic E-state index is -5.07. The summed E-state index contributed by atoms with van der Waals surface area (Å²) in [4.78, 5) is 55.3. The van der Waals surface area contributed by atoms with Gasteiger partial charge in [-0.1, -0.05) is 6.92 Å². The molecule has 0 rings (SSSR count). The van der Waals surface area contributed by atoms with Crippen molar-refractivity contribution in [2.75, 3.05) is 0 Å². The normalized spacial score (nSPS) is 10.7. The maximum atomic E-state index is 11.1. The topological polar surface area (TPSA) is 168 Å². The molecule has 0 aromatic carbocycles. The third kappa shape index (κ3) is 22.1. The summed E-state index contributed by atoms with van der Waals surface area (Å²) in [6.45, 7) is 1.34. The molecule has 0 spiro atoms. The van der Waals surface area contributed by atoms with Gasteiger partial charge in [0.05, 0.1) is 0 Å². The number of carbonyl (C=O) groups excluding carboxylic acids is 2. The molecule has 0 aliphatic carbocycles. The zero-order valence-corrected chi connectivity index (χ0v) is 10.7. The van der Waals surface area contributed by atoms with E-state index in [1.807, 2.05) is 0 Å². The molecule has 10 nitrogen and oxygen atoms in total. The summed E-state index contributed by atoms with van der Waals surface area (Å²) in [5.74, 6) is -3.03. The van der Waals surface area contributed by atoms with E-state index in [1.54, 1.807) is 0 Å². The molecule has 0 aromatic rings. The van der Waals surface area contributed by atoms with Crippen LogP contribution < -0.4 is 0 Å². The van der Waals surface area contributed by atoms with Crippen LogP contribution >= 0.6 is 15.6 Å². The third-order valence-electron chi connectivity index (χ3n) is 1.35. The zero-order valence-electron chi connectivity index (χ0n) is 8.92. The van der Waals surface area contributed by atoms with Crippen molar-refractivity contribution in [1.82, 2.24) is 0 Å². The van der Waals surface area contributed by atoms with Crippen molar-refractivity contribution in [2.45, 2.75) is 13.3 Å². The van der Waals surface area contributed by atoms with Gasteiger partial charge in [-0.2, -0.15) is 0 Å². The number of phosphoric acid groups is 2. The Morgan fingerprint density at radius 1 is 0.909 bits per heavy atom. The van der Waals surface area contributed by atoms with Crippen LogP contribution in [0.25, 0.3) is 0 Å². The van der Waals surface area contributed by atoms with E-state index in [4.69, 9.17) is 19.6 Å². The molecule has 22 heavy (non-hydrogen) atoms.